The van der Waals surface area contributed by atoms with Crippen molar-refractivity contribution >= 4 is 17.5 Å². The second-order valence-corrected chi connectivity index (χ2v) is 9.16. The van der Waals surface area contributed by atoms with E-state index in [-0.39, 0.29) is 12.6 Å². The highest BCUT2D eigenvalue weighted by molar-refractivity contribution is 6.35. The van der Waals surface area contributed by atoms with Crippen LogP contribution in [0.5, 0.6) is 17.2 Å². The number of carbonyl (C=O) groups is 2. The van der Waals surface area contributed by atoms with Crippen molar-refractivity contribution in [2.45, 2.75) is 12.5 Å². The molecule has 1 atom stereocenters. The number of nitrogens with one attached hydrogen (secondary N) is 2. The van der Waals surface area contributed by atoms with Gasteiger partial charge < -0.3 is 34.2 Å². The molecule has 0 saturated carbocycles. The van der Waals surface area contributed by atoms with E-state index in [2.05, 4.69) is 32.6 Å². The van der Waals surface area contributed by atoms with Crippen molar-refractivity contribution in [2.75, 3.05) is 65.5 Å². The van der Waals surface area contributed by atoms with E-state index in [1.807, 2.05) is 42.5 Å². The molecule has 1 saturated heterocycles. The highest BCUT2D eigenvalue weighted by atomic mass is 16.5. The summed E-state index contributed by atoms with van der Waals surface area (Å²) in [5.41, 5.74) is 2.10. The van der Waals surface area contributed by atoms with Crippen molar-refractivity contribution in [1.29, 1.82) is 0 Å². The fraction of sp³-hybridized carbons (Fsp3) is 0.379. The van der Waals surface area contributed by atoms with E-state index in [1.54, 1.807) is 27.6 Å². The molecule has 1 aliphatic rings. The van der Waals surface area contributed by atoms with Crippen molar-refractivity contribution < 1.29 is 28.2 Å². The number of nitrogens with zero attached hydrogens (tertiary/aromatic N) is 2. The molecule has 2 amide bonds. The van der Waals surface area contributed by atoms with E-state index >= 15 is 0 Å². The van der Waals surface area contributed by atoms with Crippen molar-refractivity contribution in [3.8, 4) is 17.2 Å². The number of benzene rings is 2. The molecule has 0 spiro atoms. The lowest BCUT2D eigenvalue weighted by atomic mass is 10.1. The van der Waals surface area contributed by atoms with E-state index in [9.17, 15) is 9.59 Å². The van der Waals surface area contributed by atoms with Gasteiger partial charge in [-0.05, 0) is 60.5 Å². The Bertz CT molecular complexity index is 1210. The number of anilines is 1. The summed E-state index contributed by atoms with van der Waals surface area (Å²) in [7, 11) is 4.81. The SMILES string of the molecule is COc1ccc(N2CCN(C(CNC(=O)C(=O)NCCc3ccc(OC)c(OC)c3)c3ccco3)CC2)cc1. The molecule has 3 aromatic rings. The lowest BCUT2D eigenvalue weighted by Crippen LogP contribution is -2.50. The van der Waals surface area contributed by atoms with Crippen LogP contribution in [0, 0.1) is 0 Å². The smallest absolute Gasteiger partial charge is 0.309 e. The van der Waals surface area contributed by atoms with Crippen LogP contribution in [0.4, 0.5) is 5.69 Å². The van der Waals surface area contributed by atoms with Gasteiger partial charge in [-0.15, -0.1) is 0 Å². The van der Waals surface area contributed by atoms with Gasteiger partial charge in [0.05, 0.1) is 33.6 Å². The van der Waals surface area contributed by atoms with Gasteiger partial charge >= 0.3 is 11.8 Å². The molecule has 10 nitrogen and oxygen atoms in total. The maximum atomic E-state index is 12.6. The summed E-state index contributed by atoms with van der Waals surface area (Å²) in [4.78, 5) is 29.6. The minimum Gasteiger partial charge on any atom is -0.497 e. The molecule has 1 aliphatic heterocycles. The van der Waals surface area contributed by atoms with E-state index < -0.39 is 11.8 Å². The third kappa shape index (κ3) is 7.23. The van der Waals surface area contributed by atoms with E-state index in [4.69, 9.17) is 18.6 Å². The number of carbonyl (C=O) groups excluding carboxylic acids is 2. The van der Waals surface area contributed by atoms with Crippen LogP contribution < -0.4 is 29.7 Å². The van der Waals surface area contributed by atoms with Gasteiger partial charge in [0.25, 0.3) is 0 Å². The monoisotopic (exact) mass is 536 g/mol. The Labute approximate surface area is 228 Å². The maximum Gasteiger partial charge on any atom is 0.309 e. The van der Waals surface area contributed by atoms with Crippen LogP contribution in [-0.2, 0) is 16.0 Å². The first kappa shape index (κ1) is 27.8. The minimum atomic E-state index is -0.671. The predicted octanol–water partition coefficient (Wildman–Crippen LogP) is 2.64. The zero-order valence-corrected chi connectivity index (χ0v) is 22.6. The Morgan fingerprint density at radius 3 is 2.23 bits per heavy atom. The standard InChI is InChI=1S/C29H36N4O6/c1-36-23-9-7-22(8-10-23)32-14-16-33(17-15-32)24(25-5-4-18-39-25)20-31-29(35)28(34)30-13-12-21-6-11-26(37-2)27(19-21)38-3/h4-11,18-19,24H,12-17,20H2,1-3H3,(H,30,34)(H,31,35). The van der Waals surface area contributed by atoms with Crippen LogP contribution in [-0.4, -0.2) is 77.3 Å². The quantitative estimate of drug-likeness (QED) is 0.361. The molecule has 0 radical (unpaired) electrons. The third-order valence-electron chi connectivity index (χ3n) is 6.87. The van der Waals surface area contributed by atoms with Crippen LogP contribution in [0.2, 0.25) is 0 Å². The van der Waals surface area contributed by atoms with Crippen molar-refractivity contribution in [2.24, 2.45) is 0 Å². The van der Waals surface area contributed by atoms with Crippen LogP contribution in [0.25, 0.3) is 0 Å². The Hall–Kier alpha value is -4.18. The zero-order chi connectivity index (χ0) is 27.6. The molecule has 39 heavy (non-hydrogen) atoms. The van der Waals surface area contributed by atoms with Gasteiger partial charge in [0.15, 0.2) is 11.5 Å². The number of amides is 2. The lowest BCUT2D eigenvalue weighted by Gasteiger charge is -2.39. The first-order valence-corrected chi connectivity index (χ1v) is 13.0. The molecule has 208 valence electrons. The first-order valence-electron chi connectivity index (χ1n) is 13.0. The highest BCUT2D eigenvalue weighted by Crippen LogP contribution is 2.28. The summed E-state index contributed by atoms with van der Waals surface area (Å²) in [5.74, 6) is 1.50. The molecule has 2 aromatic carbocycles. The number of methoxy groups -OCH3 is 3. The van der Waals surface area contributed by atoms with Gasteiger partial charge in [-0.3, -0.25) is 14.5 Å². The molecular weight excluding hydrogens is 500 g/mol. The average molecular weight is 537 g/mol. The Morgan fingerprint density at radius 2 is 1.59 bits per heavy atom. The number of ether oxygens (including phenoxy) is 3. The average Bonchev–Trinajstić information content (AvgIpc) is 3.52. The Balaban J connectivity index is 1.27. The van der Waals surface area contributed by atoms with Gasteiger partial charge in [0.1, 0.15) is 11.5 Å². The maximum absolute atomic E-state index is 12.6. The summed E-state index contributed by atoms with van der Waals surface area (Å²) >= 11 is 0. The second kappa shape index (κ2) is 13.6. The van der Waals surface area contributed by atoms with Crippen LogP contribution in [0.1, 0.15) is 17.4 Å². The number of piperazine rings is 1. The molecule has 2 heterocycles. The van der Waals surface area contributed by atoms with Crippen LogP contribution >= 0.6 is 0 Å². The van der Waals surface area contributed by atoms with Gasteiger partial charge in [-0.2, -0.15) is 0 Å². The van der Waals surface area contributed by atoms with E-state index in [0.29, 0.717) is 24.5 Å². The molecule has 1 fully saturated rings. The topological polar surface area (TPSA) is 106 Å². The van der Waals surface area contributed by atoms with E-state index in [0.717, 1.165) is 48.9 Å². The third-order valence-corrected chi connectivity index (χ3v) is 6.87. The van der Waals surface area contributed by atoms with Crippen molar-refractivity contribution in [1.82, 2.24) is 15.5 Å². The summed E-state index contributed by atoms with van der Waals surface area (Å²) in [6.07, 6.45) is 2.17. The van der Waals surface area contributed by atoms with Crippen LogP contribution in [0.3, 0.4) is 0 Å². The van der Waals surface area contributed by atoms with Crippen molar-refractivity contribution in [3.05, 3.63) is 72.2 Å². The number of hydrogen-bond acceptors (Lipinski definition) is 8. The van der Waals surface area contributed by atoms with E-state index in [1.165, 1.54) is 0 Å². The van der Waals surface area contributed by atoms with Gasteiger partial charge in [0, 0.05) is 45.0 Å². The molecule has 0 bridgehead atoms. The Morgan fingerprint density at radius 1 is 0.872 bits per heavy atom. The first-order chi connectivity index (χ1) is 19.0. The summed E-state index contributed by atoms with van der Waals surface area (Å²) in [6, 6.07) is 17.2. The van der Waals surface area contributed by atoms with Crippen LogP contribution in [0.15, 0.2) is 65.3 Å². The molecule has 0 aliphatic carbocycles. The predicted molar refractivity (Wildman–Crippen MR) is 147 cm³/mol. The normalized spacial score (nSPS) is 14.4. The summed E-state index contributed by atoms with van der Waals surface area (Å²) in [5, 5.41) is 5.48. The number of rotatable bonds is 11. The molecule has 1 unspecified atom stereocenters. The molecule has 10 heteroatoms. The molecular formula is C29H36N4O6. The second-order valence-electron chi connectivity index (χ2n) is 9.16. The van der Waals surface area contributed by atoms with Gasteiger partial charge in [0.2, 0.25) is 0 Å². The minimum absolute atomic E-state index is 0.179. The van der Waals surface area contributed by atoms with Gasteiger partial charge in [-0.1, -0.05) is 6.07 Å². The van der Waals surface area contributed by atoms with Crippen molar-refractivity contribution in [3.63, 3.8) is 0 Å². The largest absolute Gasteiger partial charge is 0.497 e. The molecule has 4 rings (SSSR count). The number of hydrogen-bond donors (Lipinski definition) is 2. The fourth-order valence-corrected chi connectivity index (χ4v) is 4.68. The summed E-state index contributed by atoms with van der Waals surface area (Å²) < 4.78 is 21.5. The van der Waals surface area contributed by atoms with Gasteiger partial charge in [-0.25, -0.2) is 0 Å². The highest BCUT2D eigenvalue weighted by Gasteiger charge is 2.28. The molecule has 2 N–H and O–H groups in total. The number of furan rings is 1. The molecule has 1 aromatic heterocycles. The zero-order valence-electron chi connectivity index (χ0n) is 22.6. The lowest BCUT2D eigenvalue weighted by molar-refractivity contribution is -0.139. The summed E-state index contributed by atoms with van der Waals surface area (Å²) in [6.45, 7) is 3.80. The fourth-order valence-electron chi connectivity index (χ4n) is 4.68. The Kier molecular flexibility index (Phi) is 9.69.